The van der Waals surface area contributed by atoms with Gasteiger partial charge in [-0.2, -0.15) is 0 Å². The quantitative estimate of drug-likeness (QED) is 0.654. The third kappa shape index (κ3) is 2.39. The Balaban J connectivity index is 1.75. The monoisotopic (exact) mass is 384 g/mol. The number of hydrogen-bond acceptors (Lipinski definition) is 4. The summed E-state index contributed by atoms with van der Waals surface area (Å²) in [6.45, 7) is 11.8. The highest BCUT2D eigenvalue weighted by Gasteiger charge is 2.68. The molecule has 0 saturated heterocycles. The Kier molecular flexibility index (Phi) is 4.30. The van der Waals surface area contributed by atoms with E-state index in [9.17, 15) is 14.4 Å². The molecular weight excluding hydrogens is 352 g/mol. The molecule has 0 spiro atoms. The van der Waals surface area contributed by atoms with Crippen LogP contribution in [0.5, 0.6) is 0 Å². The van der Waals surface area contributed by atoms with Crippen LogP contribution in [-0.2, 0) is 19.1 Å². The van der Waals surface area contributed by atoms with Crippen LogP contribution in [0.2, 0.25) is 0 Å². The fourth-order valence-corrected chi connectivity index (χ4v) is 7.63. The minimum absolute atomic E-state index is 0.00184. The molecule has 0 aromatic rings. The van der Waals surface area contributed by atoms with Crippen molar-refractivity contribution in [3.63, 3.8) is 0 Å². The molecule has 0 aromatic heterocycles. The van der Waals surface area contributed by atoms with Crippen molar-refractivity contribution < 1.29 is 19.1 Å². The molecule has 0 N–H and O–H groups in total. The molecule has 0 aromatic carbocycles. The van der Waals surface area contributed by atoms with Crippen LogP contribution in [0.4, 0.5) is 0 Å². The van der Waals surface area contributed by atoms with Gasteiger partial charge in [-0.05, 0) is 80.3 Å². The van der Waals surface area contributed by atoms with Crippen LogP contribution in [0, 0.1) is 28.6 Å². The average Bonchev–Trinajstić information content (AvgIpc) is 2.90. The summed E-state index contributed by atoms with van der Waals surface area (Å²) in [4.78, 5) is 36.7. The molecular formula is C24H32O4. The summed E-state index contributed by atoms with van der Waals surface area (Å²) in [5.74, 6) is 1.10. The van der Waals surface area contributed by atoms with Crippen molar-refractivity contribution in [2.45, 2.75) is 78.2 Å². The third-order valence-corrected chi connectivity index (χ3v) is 8.94. The molecule has 0 unspecified atom stereocenters. The lowest BCUT2D eigenvalue weighted by Gasteiger charge is -2.59. The van der Waals surface area contributed by atoms with Gasteiger partial charge in [0, 0.05) is 18.8 Å². The topological polar surface area (TPSA) is 60.4 Å². The van der Waals surface area contributed by atoms with Gasteiger partial charge in [-0.15, -0.1) is 0 Å². The Hall–Kier alpha value is -1.71. The fourth-order valence-electron chi connectivity index (χ4n) is 7.63. The SMILES string of the molecule is C=C1C[C@H]2[C@H]3CC[C@@](OC(C)=O)(C(C)=O)[C@@]3(C)CC[C@@H]2[C@@]2(C)CCC(=O)C=C12. The van der Waals surface area contributed by atoms with Gasteiger partial charge >= 0.3 is 5.97 Å². The van der Waals surface area contributed by atoms with E-state index >= 15 is 0 Å². The number of Topliss-reactive ketones (excluding diaryl/α,β-unsaturated/α-hetero) is 1. The Bertz CT molecular complexity index is 807. The Morgan fingerprint density at radius 3 is 2.43 bits per heavy atom. The molecule has 4 rings (SSSR count). The smallest absolute Gasteiger partial charge is 0.303 e. The van der Waals surface area contributed by atoms with Crippen LogP contribution >= 0.6 is 0 Å². The van der Waals surface area contributed by atoms with Gasteiger partial charge in [-0.3, -0.25) is 14.4 Å². The molecule has 0 amide bonds. The second-order valence-corrected chi connectivity index (χ2v) is 10.1. The predicted molar refractivity (Wildman–Crippen MR) is 106 cm³/mol. The van der Waals surface area contributed by atoms with Crippen LogP contribution in [0.3, 0.4) is 0 Å². The summed E-state index contributed by atoms with van der Waals surface area (Å²) in [5.41, 5.74) is 0.944. The van der Waals surface area contributed by atoms with Gasteiger partial charge in [-0.25, -0.2) is 0 Å². The first kappa shape index (κ1) is 19.6. The van der Waals surface area contributed by atoms with Crippen molar-refractivity contribution in [2.75, 3.05) is 0 Å². The van der Waals surface area contributed by atoms with Crippen molar-refractivity contribution in [1.29, 1.82) is 0 Å². The normalized spacial score (nSPS) is 44.9. The van der Waals surface area contributed by atoms with Gasteiger partial charge in [0.2, 0.25) is 0 Å². The van der Waals surface area contributed by atoms with Crippen molar-refractivity contribution in [3.05, 3.63) is 23.8 Å². The molecule has 28 heavy (non-hydrogen) atoms. The Morgan fingerprint density at radius 2 is 1.79 bits per heavy atom. The third-order valence-electron chi connectivity index (χ3n) is 8.94. The Morgan fingerprint density at radius 1 is 1.11 bits per heavy atom. The largest absolute Gasteiger partial charge is 0.451 e. The van der Waals surface area contributed by atoms with Crippen LogP contribution in [0.1, 0.15) is 72.6 Å². The van der Waals surface area contributed by atoms with E-state index in [0.29, 0.717) is 30.6 Å². The van der Waals surface area contributed by atoms with E-state index in [0.717, 1.165) is 37.7 Å². The number of rotatable bonds is 2. The van der Waals surface area contributed by atoms with Crippen LogP contribution in [0.15, 0.2) is 23.8 Å². The number of carbonyl (C=O) groups excluding carboxylic acids is 3. The maximum atomic E-state index is 12.8. The minimum atomic E-state index is -0.991. The van der Waals surface area contributed by atoms with Crippen LogP contribution in [-0.4, -0.2) is 23.1 Å². The van der Waals surface area contributed by atoms with E-state index in [4.69, 9.17) is 4.74 Å². The number of allylic oxidation sites excluding steroid dienone is 2. The van der Waals surface area contributed by atoms with E-state index in [1.165, 1.54) is 12.5 Å². The zero-order chi connectivity index (χ0) is 20.5. The number of ketones is 2. The number of ether oxygens (including phenoxy) is 1. The Labute approximate surface area is 167 Å². The number of carbonyl (C=O) groups is 3. The zero-order valence-corrected chi connectivity index (χ0v) is 17.6. The first-order valence-electron chi connectivity index (χ1n) is 10.7. The van der Waals surface area contributed by atoms with E-state index in [1.54, 1.807) is 6.92 Å². The van der Waals surface area contributed by atoms with Gasteiger partial charge in [-0.1, -0.05) is 26.0 Å². The molecule has 4 heteroatoms. The summed E-state index contributed by atoms with van der Waals surface area (Å²) < 4.78 is 5.82. The molecule has 6 atom stereocenters. The molecule has 3 saturated carbocycles. The summed E-state index contributed by atoms with van der Waals surface area (Å²) in [7, 11) is 0. The maximum absolute atomic E-state index is 12.8. The predicted octanol–water partition coefficient (Wildman–Crippen LogP) is 4.58. The maximum Gasteiger partial charge on any atom is 0.303 e. The molecule has 0 radical (unpaired) electrons. The number of hydrogen-bond donors (Lipinski definition) is 0. The second-order valence-electron chi connectivity index (χ2n) is 10.1. The average molecular weight is 385 g/mol. The lowest BCUT2D eigenvalue weighted by atomic mass is 9.45. The van der Waals surface area contributed by atoms with E-state index in [2.05, 4.69) is 20.4 Å². The molecule has 4 aliphatic rings. The molecule has 4 nitrogen and oxygen atoms in total. The summed E-state index contributed by atoms with van der Waals surface area (Å²) in [5, 5.41) is 0. The molecule has 0 aliphatic heterocycles. The van der Waals surface area contributed by atoms with Crippen LogP contribution in [0.25, 0.3) is 0 Å². The van der Waals surface area contributed by atoms with E-state index in [1.807, 2.05) is 6.08 Å². The molecule has 152 valence electrons. The van der Waals surface area contributed by atoms with Gasteiger partial charge in [0.05, 0.1) is 0 Å². The fraction of sp³-hybridized carbons (Fsp3) is 0.708. The van der Waals surface area contributed by atoms with Gasteiger partial charge in [0.15, 0.2) is 17.2 Å². The lowest BCUT2D eigenvalue weighted by molar-refractivity contribution is -0.186. The summed E-state index contributed by atoms with van der Waals surface area (Å²) in [6.07, 6.45) is 7.66. The molecule has 4 aliphatic carbocycles. The van der Waals surface area contributed by atoms with Crippen molar-refractivity contribution in [2.24, 2.45) is 28.6 Å². The highest BCUT2D eigenvalue weighted by Crippen LogP contribution is 2.68. The molecule has 0 heterocycles. The van der Waals surface area contributed by atoms with Gasteiger partial charge < -0.3 is 4.74 Å². The van der Waals surface area contributed by atoms with Gasteiger partial charge in [0.25, 0.3) is 0 Å². The highest BCUT2D eigenvalue weighted by atomic mass is 16.6. The minimum Gasteiger partial charge on any atom is -0.451 e. The summed E-state index contributed by atoms with van der Waals surface area (Å²) in [6, 6.07) is 0. The van der Waals surface area contributed by atoms with Crippen molar-refractivity contribution in [3.8, 4) is 0 Å². The van der Waals surface area contributed by atoms with E-state index in [-0.39, 0.29) is 28.4 Å². The van der Waals surface area contributed by atoms with Crippen LogP contribution < -0.4 is 0 Å². The second kappa shape index (κ2) is 6.14. The zero-order valence-electron chi connectivity index (χ0n) is 17.6. The van der Waals surface area contributed by atoms with E-state index < -0.39 is 5.60 Å². The van der Waals surface area contributed by atoms with Crippen molar-refractivity contribution in [1.82, 2.24) is 0 Å². The standard InChI is InChI=1S/C24H32O4/c1-14-12-18-19(22(4)9-6-17(27)13-21(14)22)7-10-23(5)20(18)8-11-24(23,15(2)25)28-16(3)26/h13,18-20H,1,6-12H2,2-5H3/t18-,19+,20-,22-,23+,24-/m1/s1. The number of esters is 1. The lowest BCUT2D eigenvalue weighted by Crippen LogP contribution is -2.58. The molecule has 0 bridgehead atoms. The van der Waals surface area contributed by atoms with Gasteiger partial charge in [0.1, 0.15) is 0 Å². The number of fused-ring (bicyclic) bond motifs is 5. The highest BCUT2D eigenvalue weighted by molar-refractivity contribution is 5.92. The van der Waals surface area contributed by atoms with Crippen molar-refractivity contribution >= 4 is 17.5 Å². The first-order chi connectivity index (χ1) is 13.0. The first-order valence-corrected chi connectivity index (χ1v) is 10.7. The molecule has 3 fully saturated rings. The summed E-state index contributed by atoms with van der Waals surface area (Å²) >= 11 is 0.